The fourth-order valence-corrected chi connectivity index (χ4v) is 3.84. The predicted molar refractivity (Wildman–Crippen MR) is 118 cm³/mol. The van der Waals surface area contributed by atoms with Crippen molar-refractivity contribution in [1.29, 1.82) is 0 Å². The Morgan fingerprint density at radius 1 is 0.969 bits per heavy atom. The molecular formula is C24H27NO7. The topological polar surface area (TPSA) is 94.5 Å². The van der Waals surface area contributed by atoms with E-state index >= 15 is 0 Å². The Morgan fingerprint density at radius 3 is 2.22 bits per heavy atom. The number of benzene rings is 2. The molecule has 1 amide bonds. The van der Waals surface area contributed by atoms with Gasteiger partial charge >= 0.3 is 0 Å². The van der Waals surface area contributed by atoms with Crippen LogP contribution < -0.4 is 14.2 Å². The Balaban J connectivity index is 2.24. The van der Waals surface area contributed by atoms with E-state index in [4.69, 9.17) is 18.9 Å². The molecule has 1 N–H and O–H groups in total. The molecular weight excluding hydrogens is 414 g/mol. The second kappa shape index (κ2) is 9.74. The summed E-state index contributed by atoms with van der Waals surface area (Å²) in [5, 5.41) is 11.2. The lowest BCUT2D eigenvalue weighted by atomic mass is 9.93. The molecule has 0 unspecified atom stereocenters. The third-order valence-electron chi connectivity index (χ3n) is 5.50. The molecule has 32 heavy (non-hydrogen) atoms. The number of hydrogen-bond donors (Lipinski definition) is 1. The van der Waals surface area contributed by atoms with Crippen LogP contribution in [0, 0.1) is 6.92 Å². The number of likely N-dealkylation sites (tertiary alicyclic amines) is 1. The van der Waals surface area contributed by atoms with Gasteiger partial charge in [0.05, 0.1) is 39.6 Å². The molecule has 1 aliphatic heterocycles. The van der Waals surface area contributed by atoms with Crippen molar-refractivity contribution in [2.45, 2.75) is 13.0 Å². The second-order valence-corrected chi connectivity index (χ2v) is 7.27. The van der Waals surface area contributed by atoms with E-state index in [1.807, 2.05) is 0 Å². The maximum absolute atomic E-state index is 13.1. The molecule has 1 saturated heterocycles. The second-order valence-electron chi connectivity index (χ2n) is 7.27. The number of ketones is 1. The van der Waals surface area contributed by atoms with Gasteiger partial charge in [0.15, 0.2) is 0 Å². The Morgan fingerprint density at radius 2 is 1.62 bits per heavy atom. The molecule has 8 nitrogen and oxygen atoms in total. The molecule has 0 radical (unpaired) electrons. The van der Waals surface area contributed by atoms with E-state index in [2.05, 4.69) is 0 Å². The van der Waals surface area contributed by atoms with Gasteiger partial charge in [-0.3, -0.25) is 9.59 Å². The zero-order chi connectivity index (χ0) is 23.4. The Bertz CT molecular complexity index is 1060. The number of rotatable bonds is 8. The molecule has 2 aromatic rings. The molecule has 0 aliphatic carbocycles. The first-order valence-electron chi connectivity index (χ1n) is 10.0. The number of aryl methyl sites for hydroxylation is 1. The summed E-state index contributed by atoms with van der Waals surface area (Å²) >= 11 is 0. The number of hydrogen-bond acceptors (Lipinski definition) is 7. The van der Waals surface area contributed by atoms with Gasteiger partial charge in [0.1, 0.15) is 23.0 Å². The molecule has 2 aromatic carbocycles. The van der Waals surface area contributed by atoms with Crippen LogP contribution in [0.5, 0.6) is 17.2 Å². The highest BCUT2D eigenvalue weighted by Crippen LogP contribution is 2.44. The minimum absolute atomic E-state index is 0.0113. The van der Waals surface area contributed by atoms with Gasteiger partial charge in [-0.2, -0.15) is 0 Å². The molecule has 1 fully saturated rings. The van der Waals surface area contributed by atoms with Crippen LogP contribution in [-0.2, 0) is 14.3 Å². The summed E-state index contributed by atoms with van der Waals surface area (Å²) in [5.41, 5.74) is 1.68. The van der Waals surface area contributed by atoms with Crippen molar-refractivity contribution < 1.29 is 33.6 Å². The Kier molecular flexibility index (Phi) is 7.05. The molecule has 3 rings (SSSR count). The predicted octanol–water partition coefficient (Wildman–Crippen LogP) is 3.09. The van der Waals surface area contributed by atoms with Crippen LogP contribution in [0.15, 0.2) is 42.0 Å². The van der Waals surface area contributed by atoms with Gasteiger partial charge in [-0.05, 0) is 42.8 Å². The van der Waals surface area contributed by atoms with Crippen LogP contribution in [0.2, 0.25) is 0 Å². The van der Waals surface area contributed by atoms with E-state index in [1.54, 1.807) is 50.4 Å². The largest absolute Gasteiger partial charge is 0.507 e. The number of nitrogens with zero attached hydrogens (tertiary/aromatic N) is 1. The van der Waals surface area contributed by atoms with Crippen molar-refractivity contribution in [1.82, 2.24) is 4.90 Å². The van der Waals surface area contributed by atoms with Crippen molar-refractivity contribution in [3.05, 3.63) is 58.7 Å². The number of carbonyl (C=O) groups is 2. The van der Waals surface area contributed by atoms with Crippen LogP contribution in [0.3, 0.4) is 0 Å². The monoisotopic (exact) mass is 441 g/mol. The standard InChI is InChI=1S/C24H27NO7/c1-14-12-15(30-3)6-8-17(14)22(26)20-21(25(10-11-29-2)24(28)23(20)27)18-9-7-16(31-4)13-19(18)32-5/h6-9,12-13,21,26H,10-11H2,1-5H3/b22-20+/t21-/m0/s1. The molecule has 0 aromatic heterocycles. The van der Waals surface area contributed by atoms with Gasteiger partial charge in [-0.15, -0.1) is 0 Å². The smallest absolute Gasteiger partial charge is 0.295 e. The molecule has 170 valence electrons. The first-order chi connectivity index (χ1) is 15.4. The van der Waals surface area contributed by atoms with Gasteiger partial charge in [0.25, 0.3) is 11.7 Å². The first-order valence-corrected chi connectivity index (χ1v) is 10.0. The zero-order valence-corrected chi connectivity index (χ0v) is 18.8. The van der Waals surface area contributed by atoms with Crippen molar-refractivity contribution in [2.24, 2.45) is 0 Å². The number of carbonyl (C=O) groups excluding carboxylic acids is 2. The van der Waals surface area contributed by atoms with E-state index in [-0.39, 0.29) is 24.5 Å². The molecule has 1 atom stereocenters. The lowest BCUT2D eigenvalue weighted by Gasteiger charge is -2.26. The molecule has 1 aliphatic rings. The quantitative estimate of drug-likeness (QED) is 0.382. The summed E-state index contributed by atoms with van der Waals surface area (Å²) in [5.74, 6) is -0.130. The molecule has 8 heteroatoms. The first kappa shape index (κ1) is 23.1. The summed E-state index contributed by atoms with van der Waals surface area (Å²) in [6.45, 7) is 2.18. The van der Waals surface area contributed by atoms with Crippen molar-refractivity contribution in [3.8, 4) is 17.2 Å². The number of methoxy groups -OCH3 is 4. The third-order valence-corrected chi connectivity index (χ3v) is 5.50. The summed E-state index contributed by atoms with van der Waals surface area (Å²) in [6.07, 6.45) is 0. The zero-order valence-electron chi connectivity index (χ0n) is 18.8. The lowest BCUT2D eigenvalue weighted by molar-refractivity contribution is -0.140. The van der Waals surface area contributed by atoms with Gasteiger partial charge in [-0.25, -0.2) is 0 Å². The van der Waals surface area contributed by atoms with Gasteiger partial charge in [-0.1, -0.05) is 0 Å². The maximum Gasteiger partial charge on any atom is 0.295 e. The van der Waals surface area contributed by atoms with Crippen LogP contribution in [0.4, 0.5) is 0 Å². The SMILES string of the molecule is COCCN1C(=O)C(=O)/C(=C(/O)c2ccc(OC)cc2C)[C@@H]1c1ccc(OC)cc1OC. The summed E-state index contributed by atoms with van der Waals surface area (Å²) in [6, 6.07) is 9.35. The van der Waals surface area contributed by atoms with E-state index in [9.17, 15) is 14.7 Å². The number of aliphatic hydroxyl groups excluding tert-OH is 1. The van der Waals surface area contributed by atoms with Crippen molar-refractivity contribution in [3.63, 3.8) is 0 Å². The average molecular weight is 441 g/mol. The molecule has 0 bridgehead atoms. The maximum atomic E-state index is 13.1. The lowest BCUT2D eigenvalue weighted by Crippen LogP contribution is -2.32. The highest BCUT2D eigenvalue weighted by Gasteiger charge is 2.47. The van der Waals surface area contributed by atoms with E-state index in [1.165, 1.54) is 26.2 Å². The Labute approximate surface area is 187 Å². The van der Waals surface area contributed by atoms with Gasteiger partial charge in [0, 0.05) is 30.8 Å². The highest BCUT2D eigenvalue weighted by atomic mass is 16.5. The number of aliphatic hydroxyl groups is 1. The van der Waals surface area contributed by atoms with E-state index in [0.717, 1.165) is 0 Å². The third kappa shape index (κ3) is 4.13. The van der Waals surface area contributed by atoms with Gasteiger partial charge < -0.3 is 29.0 Å². The molecule has 0 spiro atoms. The van der Waals surface area contributed by atoms with Crippen molar-refractivity contribution in [2.75, 3.05) is 41.6 Å². The van der Waals surface area contributed by atoms with E-state index < -0.39 is 17.7 Å². The van der Waals surface area contributed by atoms with Gasteiger partial charge in [0.2, 0.25) is 0 Å². The number of Topliss-reactive ketones (excluding diaryl/α,β-unsaturated/α-hetero) is 1. The minimum Gasteiger partial charge on any atom is -0.507 e. The average Bonchev–Trinajstić information content (AvgIpc) is 3.06. The summed E-state index contributed by atoms with van der Waals surface area (Å²) in [4.78, 5) is 27.4. The normalized spacial score (nSPS) is 17.5. The highest BCUT2D eigenvalue weighted by molar-refractivity contribution is 6.46. The fraction of sp³-hybridized carbons (Fsp3) is 0.333. The molecule has 0 saturated carbocycles. The van der Waals surface area contributed by atoms with Crippen LogP contribution in [-0.4, -0.2) is 63.3 Å². The van der Waals surface area contributed by atoms with Crippen LogP contribution >= 0.6 is 0 Å². The van der Waals surface area contributed by atoms with Crippen molar-refractivity contribution >= 4 is 17.4 Å². The summed E-state index contributed by atoms with van der Waals surface area (Å²) in [7, 11) is 6.09. The number of amides is 1. The Hall–Kier alpha value is -3.52. The number of ether oxygens (including phenoxy) is 4. The summed E-state index contributed by atoms with van der Waals surface area (Å²) < 4.78 is 21.2. The fourth-order valence-electron chi connectivity index (χ4n) is 3.84. The van der Waals surface area contributed by atoms with Crippen LogP contribution in [0.1, 0.15) is 22.7 Å². The van der Waals surface area contributed by atoms with Crippen LogP contribution in [0.25, 0.3) is 5.76 Å². The van der Waals surface area contributed by atoms with E-state index in [0.29, 0.717) is 33.9 Å². The molecule has 1 heterocycles. The minimum atomic E-state index is -0.854.